The van der Waals surface area contributed by atoms with Crippen LogP contribution in [0.5, 0.6) is 0 Å². The zero-order valence-electron chi connectivity index (χ0n) is 9.19. The Kier molecular flexibility index (Phi) is 1.97. The molecule has 1 N–H and O–H groups in total. The molecule has 0 saturated heterocycles. The Balaban J connectivity index is 2.25. The average Bonchev–Trinajstić information content (AvgIpc) is 2.96. The predicted molar refractivity (Wildman–Crippen MR) is 58.0 cm³/mol. The maximum Gasteiger partial charge on any atom is 0.349 e. The summed E-state index contributed by atoms with van der Waals surface area (Å²) in [5, 5.41) is 18.7. The number of fused-ring (bicyclic) bond motifs is 1. The third-order valence-electron chi connectivity index (χ3n) is 2.38. The summed E-state index contributed by atoms with van der Waals surface area (Å²) in [6, 6.07) is 3.40. The van der Waals surface area contributed by atoms with Gasteiger partial charge in [0.15, 0.2) is 11.5 Å². The molecule has 0 atom stereocenters. The van der Waals surface area contributed by atoms with E-state index in [9.17, 15) is 4.79 Å². The zero-order valence-corrected chi connectivity index (χ0v) is 9.19. The fourth-order valence-corrected chi connectivity index (χ4v) is 1.62. The van der Waals surface area contributed by atoms with E-state index in [1.807, 2.05) is 6.07 Å². The van der Waals surface area contributed by atoms with Gasteiger partial charge in [-0.1, -0.05) is 0 Å². The van der Waals surface area contributed by atoms with Gasteiger partial charge in [-0.25, -0.2) is 28.9 Å². The van der Waals surface area contributed by atoms with E-state index in [2.05, 4.69) is 25.3 Å². The summed E-state index contributed by atoms with van der Waals surface area (Å²) in [6.07, 6.45) is 1.38. The second kappa shape index (κ2) is 3.49. The molecule has 9 nitrogen and oxygen atoms in total. The average molecular weight is 242 g/mol. The molecule has 0 aliphatic rings. The summed E-state index contributed by atoms with van der Waals surface area (Å²) < 4.78 is 2.69. The first-order valence-corrected chi connectivity index (χ1v) is 4.96. The van der Waals surface area contributed by atoms with E-state index in [-0.39, 0.29) is 11.5 Å². The molecule has 0 aromatic carbocycles. The van der Waals surface area contributed by atoms with E-state index in [0.717, 1.165) is 0 Å². The van der Waals surface area contributed by atoms with Crippen LogP contribution in [0.1, 0.15) is 11.6 Å². The van der Waals surface area contributed by atoms with Crippen LogP contribution in [0.15, 0.2) is 17.2 Å². The minimum atomic E-state index is -0.349. The number of rotatable bonds is 1. The maximum absolute atomic E-state index is 11.4. The van der Waals surface area contributed by atoms with Gasteiger partial charge in [0.25, 0.3) is 5.82 Å². The van der Waals surface area contributed by atoms with Crippen LogP contribution >= 0.6 is 0 Å². The van der Waals surface area contributed by atoms with Crippen LogP contribution in [0.4, 0.5) is 0 Å². The summed E-state index contributed by atoms with van der Waals surface area (Å²) in [5.74, 6) is 0.956. The van der Waals surface area contributed by atoms with Crippen molar-refractivity contribution in [3.8, 4) is 11.9 Å². The van der Waals surface area contributed by atoms with Gasteiger partial charge in [0.05, 0.1) is 0 Å². The number of aromatic amines is 1. The maximum atomic E-state index is 11.4. The molecule has 3 aromatic rings. The number of aryl methyl sites for hydroxylation is 1. The summed E-state index contributed by atoms with van der Waals surface area (Å²) >= 11 is 0. The first-order chi connectivity index (χ1) is 8.69. The Morgan fingerprint density at radius 2 is 2.33 bits per heavy atom. The zero-order chi connectivity index (χ0) is 12.7. The Labute approximate surface area is 99.3 Å². The second-order valence-electron chi connectivity index (χ2n) is 3.51. The van der Waals surface area contributed by atoms with Gasteiger partial charge in [-0.2, -0.15) is 10.4 Å². The third-order valence-corrected chi connectivity index (χ3v) is 2.38. The number of aromatic nitrogens is 7. The predicted octanol–water partition coefficient (Wildman–Crippen LogP) is -0.822. The number of hydrogen-bond acceptors (Lipinski definition) is 6. The van der Waals surface area contributed by atoms with Crippen molar-refractivity contribution in [2.24, 2.45) is 0 Å². The second-order valence-corrected chi connectivity index (χ2v) is 3.51. The Morgan fingerprint density at radius 3 is 3.06 bits per heavy atom. The van der Waals surface area contributed by atoms with E-state index >= 15 is 0 Å². The SMILES string of the molecule is Cc1nc(-n2cnc(C#N)n2)cc2n[nH]c(=O)n12. The molecule has 0 aliphatic heterocycles. The van der Waals surface area contributed by atoms with Crippen molar-refractivity contribution in [2.45, 2.75) is 6.92 Å². The molecule has 0 aliphatic carbocycles. The highest BCUT2D eigenvalue weighted by molar-refractivity contribution is 5.43. The van der Waals surface area contributed by atoms with Crippen molar-refractivity contribution in [1.82, 2.24) is 34.3 Å². The van der Waals surface area contributed by atoms with Crippen LogP contribution in [0, 0.1) is 18.3 Å². The van der Waals surface area contributed by atoms with Crippen molar-refractivity contribution < 1.29 is 0 Å². The molecule has 9 heteroatoms. The molecule has 3 heterocycles. The largest absolute Gasteiger partial charge is 0.349 e. The minimum absolute atomic E-state index is 0.0498. The van der Waals surface area contributed by atoms with Crippen LogP contribution in [0.25, 0.3) is 11.5 Å². The quantitative estimate of drug-likeness (QED) is 0.595. The molecule has 18 heavy (non-hydrogen) atoms. The van der Waals surface area contributed by atoms with E-state index in [4.69, 9.17) is 5.26 Å². The molecule has 0 spiro atoms. The Morgan fingerprint density at radius 1 is 1.50 bits per heavy atom. The first kappa shape index (κ1) is 10.2. The van der Waals surface area contributed by atoms with Crippen LogP contribution in [-0.2, 0) is 0 Å². The number of nitriles is 1. The smallest absolute Gasteiger partial charge is 0.246 e. The fourth-order valence-electron chi connectivity index (χ4n) is 1.62. The monoisotopic (exact) mass is 242 g/mol. The summed E-state index contributed by atoms with van der Waals surface area (Å²) in [4.78, 5) is 19.4. The van der Waals surface area contributed by atoms with Crippen molar-refractivity contribution in [2.75, 3.05) is 0 Å². The molecule has 0 radical (unpaired) electrons. The van der Waals surface area contributed by atoms with E-state index in [1.54, 1.807) is 13.0 Å². The Hall–Kier alpha value is -3.02. The first-order valence-electron chi connectivity index (χ1n) is 4.96. The fraction of sp³-hybridized carbons (Fsp3) is 0.111. The summed E-state index contributed by atoms with van der Waals surface area (Å²) in [6.45, 7) is 1.68. The highest BCUT2D eigenvalue weighted by atomic mass is 16.1. The molecule has 3 aromatic heterocycles. The van der Waals surface area contributed by atoms with E-state index < -0.39 is 0 Å². The van der Waals surface area contributed by atoms with Crippen LogP contribution < -0.4 is 5.69 Å². The lowest BCUT2D eigenvalue weighted by atomic mass is 10.5. The number of nitrogens with one attached hydrogen (secondary N) is 1. The lowest BCUT2D eigenvalue weighted by molar-refractivity contribution is 0.813. The molecule has 0 bridgehead atoms. The minimum Gasteiger partial charge on any atom is -0.246 e. The van der Waals surface area contributed by atoms with Crippen LogP contribution in [-0.4, -0.2) is 34.3 Å². The molecular formula is C9H6N8O. The van der Waals surface area contributed by atoms with Crippen molar-refractivity contribution >= 4 is 5.65 Å². The molecule has 0 fully saturated rings. The van der Waals surface area contributed by atoms with Crippen molar-refractivity contribution in [1.29, 1.82) is 5.26 Å². The van der Waals surface area contributed by atoms with Crippen LogP contribution in [0.3, 0.4) is 0 Å². The van der Waals surface area contributed by atoms with Gasteiger partial charge in [0.1, 0.15) is 18.2 Å². The molecular weight excluding hydrogens is 236 g/mol. The molecule has 0 saturated carbocycles. The van der Waals surface area contributed by atoms with Gasteiger partial charge < -0.3 is 0 Å². The third kappa shape index (κ3) is 1.36. The van der Waals surface area contributed by atoms with Gasteiger partial charge in [0, 0.05) is 6.07 Å². The Bertz CT molecular complexity index is 832. The topological polar surface area (TPSA) is 118 Å². The highest BCUT2D eigenvalue weighted by Crippen LogP contribution is 2.06. The van der Waals surface area contributed by atoms with E-state index in [0.29, 0.717) is 17.3 Å². The highest BCUT2D eigenvalue weighted by Gasteiger charge is 2.09. The number of hydrogen-bond donors (Lipinski definition) is 1. The summed E-state index contributed by atoms with van der Waals surface area (Å²) in [5.41, 5.74) is 0.0781. The molecule has 0 unspecified atom stereocenters. The normalized spacial score (nSPS) is 10.7. The lowest BCUT2D eigenvalue weighted by Crippen LogP contribution is -2.14. The molecule has 0 amide bonds. The number of H-pyrrole nitrogens is 1. The van der Waals surface area contributed by atoms with Gasteiger partial charge in [-0.05, 0) is 6.92 Å². The van der Waals surface area contributed by atoms with Gasteiger partial charge >= 0.3 is 5.69 Å². The van der Waals surface area contributed by atoms with Gasteiger partial charge in [0.2, 0.25) is 0 Å². The summed E-state index contributed by atoms with van der Waals surface area (Å²) in [7, 11) is 0. The molecule has 3 rings (SSSR count). The lowest BCUT2D eigenvalue weighted by Gasteiger charge is -2.02. The van der Waals surface area contributed by atoms with E-state index in [1.165, 1.54) is 15.4 Å². The van der Waals surface area contributed by atoms with Crippen LogP contribution in [0.2, 0.25) is 0 Å². The van der Waals surface area contributed by atoms with Crippen molar-refractivity contribution in [3.63, 3.8) is 0 Å². The van der Waals surface area contributed by atoms with Gasteiger partial charge in [-0.3, -0.25) is 0 Å². The number of nitrogens with zero attached hydrogens (tertiary/aromatic N) is 7. The standard InChI is InChI=1S/C9H6N8O/c1-5-12-7(16-4-11-6(3-10)15-16)2-8-13-14-9(18)17(5)8/h2,4H,1H3,(H,14,18). The molecule has 88 valence electrons. The van der Waals surface area contributed by atoms with Gasteiger partial charge in [-0.15, -0.1) is 5.10 Å². The van der Waals surface area contributed by atoms with Crippen molar-refractivity contribution in [3.05, 3.63) is 34.5 Å².